The fraction of sp³-hybridized carbons (Fsp3) is 0.407. The van der Waals surface area contributed by atoms with E-state index in [0.717, 1.165) is 12.8 Å². The quantitative estimate of drug-likeness (QED) is 0.509. The van der Waals surface area contributed by atoms with Gasteiger partial charge in [0, 0.05) is 30.4 Å². The molecular weight excluding hydrogens is 474 g/mol. The molecule has 2 fully saturated rings. The molecule has 2 heterocycles. The van der Waals surface area contributed by atoms with Crippen molar-refractivity contribution in [2.24, 2.45) is 5.92 Å². The van der Waals surface area contributed by atoms with Gasteiger partial charge in [0.25, 0.3) is 17.4 Å². The molecule has 1 aliphatic carbocycles. The Morgan fingerprint density at radius 3 is 2.54 bits per heavy atom. The number of nitrogens with one attached hydrogen (secondary N) is 2. The van der Waals surface area contributed by atoms with Crippen LogP contribution < -0.4 is 22.0 Å². The monoisotopic (exact) mass is 505 g/mol. The second-order valence-electron chi connectivity index (χ2n) is 9.94. The van der Waals surface area contributed by atoms with Gasteiger partial charge in [0.05, 0.1) is 24.1 Å². The van der Waals surface area contributed by atoms with Crippen molar-refractivity contribution >= 4 is 28.4 Å². The number of amides is 2. The van der Waals surface area contributed by atoms with Gasteiger partial charge in [-0.15, -0.1) is 0 Å². The van der Waals surface area contributed by atoms with Crippen molar-refractivity contribution in [3.8, 4) is 0 Å². The number of carbonyl (C=O) groups is 2. The number of hydrogen-bond acceptors (Lipinski definition) is 6. The summed E-state index contributed by atoms with van der Waals surface area (Å²) in [6.07, 6.45) is 1.23. The number of anilines is 1. The molecule has 1 saturated heterocycles. The number of morpholine rings is 1. The molecule has 0 bridgehead atoms. The summed E-state index contributed by atoms with van der Waals surface area (Å²) in [5, 5.41) is 4.88. The van der Waals surface area contributed by atoms with Crippen LogP contribution in [0.3, 0.4) is 0 Å². The van der Waals surface area contributed by atoms with Crippen molar-refractivity contribution in [1.29, 1.82) is 0 Å². The first kappa shape index (κ1) is 24.9. The third-order valence-corrected chi connectivity index (χ3v) is 6.74. The number of fused-ring (bicyclic) bond motifs is 1. The van der Waals surface area contributed by atoms with Gasteiger partial charge in [-0.05, 0) is 62.9 Å². The van der Waals surface area contributed by atoms with Crippen LogP contribution in [0.15, 0.2) is 58.1 Å². The Labute approximate surface area is 213 Å². The highest BCUT2D eigenvalue weighted by Gasteiger charge is 2.29. The Balaban J connectivity index is 1.34. The van der Waals surface area contributed by atoms with Crippen LogP contribution in [0.25, 0.3) is 10.9 Å². The van der Waals surface area contributed by atoms with Crippen LogP contribution in [-0.4, -0.2) is 51.8 Å². The molecular formula is C27H31N5O5. The molecule has 37 heavy (non-hydrogen) atoms. The summed E-state index contributed by atoms with van der Waals surface area (Å²) in [6.45, 7) is 5.13. The molecule has 1 unspecified atom stereocenters. The lowest BCUT2D eigenvalue weighted by molar-refractivity contribution is -0.134. The molecule has 10 nitrogen and oxygen atoms in total. The van der Waals surface area contributed by atoms with Gasteiger partial charge in [0.1, 0.15) is 0 Å². The fourth-order valence-electron chi connectivity index (χ4n) is 4.61. The van der Waals surface area contributed by atoms with Gasteiger partial charge in [0.15, 0.2) is 6.10 Å². The van der Waals surface area contributed by atoms with Crippen LogP contribution >= 0.6 is 0 Å². The molecule has 2 aliphatic rings. The summed E-state index contributed by atoms with van der Waals surface area (Å²) in [7, 11) is 0. The number of aromatic nitrogens is 2. The summed E-state index contributed by atoms with van der Waals surface area (Å²) >= 11 is 0. The Morgan fingerprint density at radius 1 is 1.08 bits per heavy atom. The molecule has 0 radical (unpaired) electrons. The van der Waals surface area contributed by atoms with Crippen LogP contribution in [0.1, 0.15) is 43.1 Å². The first-order chi connectivity index (χ1) is 17.8. The molecule has 1 atom stereocenters. The maximum absolute atomic E-state index is 13.3. The Kier molecular flexibility index (Phi) is 6.94. The van der Waals surface area contributed by atoms with Crippen molar-refractivity contribution in [3.05, 3.63) is 74.9 Å². The Morgan fingerprint density at radius 2 is 1.84 bits per heavy atom. The van der Waals surface area contributed by atoms with Gasteiger partial charge < -0.3 is 10.1 Å². The fourth-order valence-corrected chi connectivity index (χ4v) is 4.61. The van der Waals surface area contributed by atoms with Crippen LogP contribution in [0.4, 0.5) is 5.69 Å². The SMILES string of the molecule is CC(C)n1c(=O)n(CC2CC2)c(=O)c2cc(NC(=O)C3CN(NC(=O)c4ccccc4)CCO3)ccc21. The molecule has 10 heteroatoms. The minimum atomic E-state index is -0.809. The van der Waals surface area contributed by atoms with Gasteiger partial charge in [-0.25, -0.2) is 9.80 Å². The summed E-state index contributed by atoms with van der Waals surface area (Å²) in [6, 6.07) is 13.7. The highest BCUT2D eigenvalue weighted by molar-refractivity contribution is 5.97. The van der Waals surface area contributed by atoms with Crippen molar-refractivity contribution in [1.82, 2.24) is 19.6 Å². The van der Waals surface area contributed by atoms with E-state index in [1.165, 1.54) is 4.57 Å². The van der Waals surface area contributed by atoms with Crippen molar-refractivity contribution < 1.29 is 14.3 Å². The average molecular weight is 506 g/mol. The molecule has 2 aromatic carbocycles. The number of ether oxygens (including phenoxy) is 1. The highest BCUT2D eigenvalue weighted by Crippen LogP contribution is 2.30. The van der Waals surface area contributed by atoms with Crippen LogP contribution in [-0.2, 0) is 16.1 Å². The number of benzene rings is 2. The molecule has 1 aromatic heterocycles. The number of hydrogen-bond donors (Lipinski definition) is 2. The van der Waals surface area contributed by atoms with Crippen LogP contribution in [0, 0.1) is 5.92 Å². The summed E-state index contributed by atoms with van der Waals surface area (Å²) in [5.74, 6) is -0.275. The zero-order valence-corrected chi connectivity index (χ0v) is 21.0. The van der Waals surface area contributed by atoms with Crippen molar-refractivity contribution in [3.63, 3.8) is 0 Å². The van der Waals surface area contributed by atoms with Crippen LogP contribution in [0.5, 0.6) is 0 Å². The topological polar surface area (TPSA) is 115 Å². The molecule has 194 valence electrons. The summed E-state index contributed by atoms with van der Waals surface area (Å²) in [5.41, 5.74) is 3.68. The second-order valence-corrected chi connectivity index (χ2v) is 9.94. The Hall–Kier alpha value is -3.76. The predicted molar refractivity (Wildman–Crippen MR) is 139 cm³/mol. The summed E-state index contributed by atoms with van der Waals surface area (Å²) < 4.78 is 8.61. The van der Waals surface area contributed by atoms with Gasteiger partial charge in [-0.3, -0.25) is 28.9 Å². The summed E-state index contributed by atoms with van der Waals surface area (Å²) in [4.78, 5) is 51.8. The van der Waals surface area contributed by atoms with Crippen LogP contribution in [0.2, 0.25) is 0 Å². The first-order valence-corrected chi connectivity index (χ1v) is 12.6. The predicted octanol–water partition coefficient (Wildman–Crippen LogP) is 2.14. The molecule has 1 aliphatic heterocycles. The minimum absolute atomic E-state index is 0.130. The van der Waals surface area contributed by atoms with Gasteiger partial charge >= 0.3 is 5.69 Å². The minimum Gasteiger partial charge on any atom is -0.366 e. The highest BCUT2D eigenvalue weighted by atomic mass is 16.5. The lowest BCUT2D eigenvalue weighted by Gasteiger charge is -2.32. The van der Waals surface area contributed by atoms with Gasteiger partial charge in [0.2, 0.25) is 0 Å². The number of hydrazine groups is 1. The molecule has 5 rings (SSSR count). The molecule has 2 N–H and O–H groups in total. The largest absolute Gasteiger partial charge is 0.366 e. The second kappa shape index (κ2) is 10.3. The number of nitrogens with zero attached hydrogens (tertiary/aromatic N) is 3. The van der Waals surface area contributed by atoms with E-state index in [4.69, 9.17) is 4.74 Å². The standard InChI is InChI=1S/C27H31N5O5/c1-17(2)32-22-11-10-20(14-21(22)26(35)31(27(32)36)15-18-8-9-18)28-25(34)23-16-30(12-13-37-23)29-24(33)19-6-4-3-5-7-19/h3-7,10-11,14,17-18,23H,8-9,12-13,15-16H2,1-2H3,(H,28,34)(H,29,33). The third-order valence-electron chi connectivity index (χ3n) is 6.74. The maximum Gasteiger partial charge on any atom is 0.331 e. The third kappa shape index (κ3) is 5.35. The van der Waals surface area contributed by atoms with Gasteiger partial charge in [-0.1, -0.05) is 18.2 Å². The van der Waals surface area contributed by atoms with E-state index in [2.05, 4.69) is 10.7 Å². The zero-order chi connectivity index (χ0) is 26.1. The lowest BCUT2D eigenvalue weighted by atomic mass is 10.2. The van der Waals surface area contributed by atoms with E-state index >= 15 is 0 Å². The smallest absolute Gasteiger partial charge is 0.331 e. The van der Waals surface area contributed by atoms with E-state index < -0.39 is 6.10 Å². The van der Waals surface area contributed by atoms with E-state index in [1.54, 1.807) is 52.0 Å². The zero-order valence-electron chi connectivity index (χ0n) is 21.0. The van der Waals surface area contributed by atoms with E-state index in [9.17, 15) is 19.2 Å². The molecule has 3 aromatic rings. The number of carbonyl (C=O) groups excluding carboxylic acids is 2. The van der Waals surface area contributed by atoms with E-state index in [0.29, 0.717) is 41.2 Å². The number of rotatable bonds is 7. The Bertz CT molecular complexity index is 1440. The van der Waals surface area contributed by atoms with Crippen molar-refractivity contribution in [2.75, 3.05) is 25.0 Å². The molecule has 2 amide bonds. The van der Waals surface area contributed by atoms with Gasteiger partial charge in [-0.2, -0.15) is 0 Å². The first-order valence-electron chi connectivity index (χ1n) is 12.6. The average Bonchev–Trinajstić information content (AvgIpc) is 3.72. The maximum atomic E-state index is 13.3. The normalized spacial score (nSPS) is 18.2. The molecule has 1 saturated carbocycles. The van der Waals surface area contributed by atoms with E-state index in [1.807, 2.05) is 19.9 Å². The van der Waals surface area contributed by atoms with E-state index in [-0.39, 0.29) is 42.3 Å². The lowest BCUT2D eigenvalue weighted by Crippen LogP contribution is -2.54. The van der Waals surface area contributed by atoms with Crippen molar-refractivity contribution in [2.45, 2.75) is 45.4 Å². The molecule has 0 spiro atoms.